The van der Waals surface area contributed by atoms with Gasteiger partial charge in [0.25, 0.3) is 0 Å². The van der Waals surface area contributed by atoms with E-state index >= 15 is 0 Å². The highest BCUT2D eigenvalue weighted by Gasteiger charge is 2.08. The van der Waals surface area contributed by atoms with Crippen LogP contribution in [0.5, 0.6) is 11.6 Å². The number of para-hydroxylation sites is 1. The standard InChI is InChI=1S/C20H22BrN3O2/c1-5-24(3)14-22-18-13-17(21)20(23-15(18)2)26-12-8-10-16-9-6-7-11-19(16)25-4/h6-7,9,11,13-14H,5,12H2,1-4H3/b22-14+. The molecule has 0 aliphatic rings. The zero-order valence-electron chi connectivity index (χ0n) is 15.4. The zero-order chi connectivity index (χ0) is 18.9. The number of benzene rings is 1. The third-order valence-corrected chi connectivity index (χ3v) is 4.18. The topological polar surface area (TPSA) is 47.0 Å². The van der Waals surface area contributed by atoms with Crippen molar-refractivity contribution in [1.29, 1.82) is 0 Å². The van der Waals surface area contributed by atoms with Crippen LogP contribution in [0.15, 0.2) is 39.8 Å². The van der Waals surface area contributed by atoms with Gasteiger partial charge < -0.3 is 14.4 Å². The number of hydrogen-bond donors (Lipinski definition) is 0. The second kappa shape index (κ2) is 9.83. The zero-order valence-corrected chi connectivity index (χ0v) is 17.0. The molecule has 0 atom stereocenters. The molecule has 0 amide bonds. The van der Waals surface area contributed by atoms with E-state index in [0.29, 0.717) is 5.88 Å². The summed E-state index contributed by atoms with van der Waals surface area (Å²) in [5, 5.41) is 0. The van der Waals surface area contributed by atoms with Crippen LogP contribution in [0.25, 0.3) is 0 Å². The third-order valence-electron chi connectivity index (χ3n) is 3.61. The smallest absolute Gasteiger partial charge is 0.229 e. The van der Waals surface area contributed by atoms with Crippen molar-refractivity contribution in [3.63, 3.8) is 0 Å². The number of rotatable bonds is 6. The summed E-state index contributed by atoms with van der Waals surface area (Å²) < 4.78 is 11.7. The van der Waals surface area contributed by atoms with E-state index in [-0.39, 0.29) is 6.61 Å². The lowest BCUT2D eigenvalue weighted by atomic mass is 10.2. The summed E-state index contributed by atoms with van der Waals surface area (Å²) in [6.07, 6.45) is 1.79. The largest absolute Gasteiger partial charge is 0.495 e. The Morgan fingerprint density at radius 3 is 2.85 bits per heavy atom. The van der Waals surface area contributed by atoms with Crippen molar-refractivity contribution in [2.24, 2.45) is 4.99 Å². The summed E-state index contributed by atoms with van der Waals surface area (Å²) in [6.45, 7) is 5.09. The first-order valence-electron chi connectivity index (χ1n) is 8.21. The average Bonchev–Trinajstić information content (AvgIpc) is 2.66. The molecule has 1 aromatic heterocycles. The van der Waals surface area contributed by atoms with E-state index in [0.717, 1.165) is 33.7 Å². The van der Waals surface area contributed by atoms with E-state index in [1.54, 1.807) is 13.4 Å². The molecule has 0 saturated heterocycles. The van der Waals surface area contributed by atoms with Crippen LogP contribution in [0.2, 0.25) is 0 Å². The van der Waals surface area contributed by atoms with Crippen LogP contribution >= 0.6 is 15.9 Å². The van der Waals surface area contributed by atoms with Gasteiger partial charge in [0.05, 0.1) is 34.9 Å². The molecule has 2 aromatic rings. The molecule has 0 N–H and O–H groups in total. The van der Waals surface area contributed by atoms with Gasteiger partial charge in [0.1, 0.15) is 5.75 Å². The Morgan fingerprint density at radius 2 is 2.12 bits per heavy atom. The highest BCUT2D eigenvalue weighted by atomic mass is 79.9. The minimum absolute atomic E-state index is 0.226. The van der Waals surface area contributed by atoms with Crippen LogP contribution in [0.3, 0.4) is 0 Å². The van der Waals surface area contributed by atoms with Gasteiger partial charge in [0, 0.05) is 13.6 Å². The molecule has 0 bridgehead atoms. The quantitative estimate of drug-likeness (QED) is 0.402. The maximum absolute atomic E-state index is 5.68. The van der Waals surface area contributed by atoms with Crippen molar-refractivity contribution in [3.05, 3.63) is 46.1 Å². The van der Waals surface area contributed by atoms with Crippen LogP contribution in [-0.4, -0.2) is 43.5 Å². The number of ether oxygens (including phenoxy) is 2. The Kier molecular flexibility index (Phi) is 7.49. The number of aromatic nitrogens is 1. The van der Waals surface area contributed by atoms with Crippen molar-refractivity contribution >= 4 is 28.0 Å². The molecule has 1 heterocycles. The molecular formula is C20H22BrN3O2. The summed E-state index contributed by atoms with van der Waals surface area (Å²) in [6, 6.07) is 9.51. The van der Waals surface area contributed by atoms with E-state index in [1.165, 1.54) is 0 Å². The molecule has 0 fully saturated rings. The number of hydrogen-bond acceptors (Lipinski definition) is 4. The minimum Gasteiger partial charge on any atom is -0.495 e. The van der Waals surface area contributed by atoms with E-state index in [9.17, 15) is 0 Å². The number of methoxy groups -OCH3 is 1. The van der Waals surface area contributed by atoms with Gasteiger partial charge in [-0.3, -0.25) is 0 Å². The Labute approximate surface area is 163 Å². The maximum Gasteiger partial charge on any atom is 0.229 e. The van der Waals surface area contributed by atoms with Crippen molar-refractivity contribution < 1.29 is 9.47 Å². The number of aryl methyl sites for hydroxylation is 1. The highest BCUT2D eigenvalue weighted by molar-refractivity contribution is 9.10. The van der Waals surface area contributed by atoms with Crippen LogP contribution in [0.1, 0.15) is 18.2 Å². The van der Waals surface area contributed by atoms with Gasteiger partial charge in [-0.15, -0.1) is 0 Å². The second-order valence-corrected chi connectivity index (χ2v) is 6.34. The summed E-state index contributed by atoms with van der Waals surface area (Å²) in [7, 11) is 3.60. The summed E-state index contributed by atoms with van der Waals surface area (Å²) in [5.41, 5.74) is 2.41. The fourth-order valence-electron chi connectivity index (χ4n) is 2.01. The van der Waals surface area contributed by atoms with E-state index < -0.39 is 0 Å². The Morgan fingerprint density at radius 1 is 1.35 bits per heavy atom. The Balaban J connectivity index is 2.06. The molecule has 1 aromatic carbocycles. The third kappa shape index (κ3) is 5.50. The lowest BCUT2D eigenvalue weighted by Gasteiger charge is -2.10. The summed E-state index contributed by atoms with van der Waals surface area (Å²) in [4.78, 5) is 10.9. The molecule has 6 heteroatoms. The van der Waals surface area contributed by atoms with Gasteiger partial charge in [0.2, 0.25) is 5.88 Å². The predicted octanol–water partition coefficient (Wildman–Crippen LogP) is 4.20. The second-order valence-electron chi connectivity index (χ2n) is 5.49. The predicted molar refractivity (Wildman–Crippen MR) is 108 cm³/mol. The first-order valence-corrected chi connectivity index (χ1v) is 9.00. The lowest BCUT2D eigenvalue weighted by molar-refractivity contribution is 0.352. The van der Waals surface area contributed by atoms with Crippen LogP contribution in [0.4, 0.5) is 5.69 Å². The van der Waals surface area contributed by atoms with Crippen molar-refractivity contribution in [2.75, 3.05) is 27.3 Å². The van der Waals surface area contributed by atoms with E-state index in [2.05, 4.69) is 44.7 Å². The number of pyridine rings is 1. The van der Waals surface area contributed by atoms with Crippen LogP contribution in [-0.2, 0) is 0 Å². The summed E-state index contributed by atoms with van der Waals surface area (Å²) >= 11 is 3.48. The molecule has 26 heavy (non-hydrogen) atoms. The van der Waals surface area contributed by atoms with Gasteiger partial charge in [-0.05, 0) is 48.0 Å². The number of nitrogens with zero attached hydrogens (tertiary/aromatic N) is 3. The molecule has 2 rings (SSSR count). The van der Waals surface area contributed by atoms with Crippen molar-refractivity contribution in [2.45, 2.75) is 13.8 Å². The molecule has 0 saturated carbocycles. The fourth-order valence-corrected chi connectivity index (χ4v) is 2.43. The first kappa shape index (κ1) is 19.8. The van der Waals surface area contributed by atoms with E-state index in [1.807, 2.05) is 49.2 Å². The SMILES string of the molecule is CCN(C)/C=N/c1cc(Br)c(OCC#Cc2ccccc2OC)nc1C. The fraction of sp³-hybridized carbons (Fsp3) is 0.300. The van der Waals surface area contributed by atoms with Gasteiger partial charge in [0.15, 0.2) is 6.61 Å². The normalized spacial score (nSPS) is 10.3. The van der Waals surface area contributed by atoms with E-state index in [4.69, 9.17) is 9.47 Å². The molecule has 0 spiro atoms. The van der Waals surface area contributed by atoms with Crippen molar-refractivity contribution in [3.8, 4) is 23.5 Å². The average molecular weight is 416 g/mol. The van der Waals surface area contributed by atoms with Crippen LogP contribution in [0, 0.1) is 18.8 Å². The molecule has 0 unspecified atom stereocenters. The Hall–Kier alpha value is -2.52. The molecule has 0 aliphatic carbocycles. The molecule has 0 aliphatic heterocycles. The highest BCUT2D eigenvalue weighted by Crippen LogP contribution is 2.29. The molecule has 0 radical (unpaired) electrons. The monoisotopic (exact) mass is 415 g/mol. The van der Waals surface area contributed by atoms with Crippen molar-refractivity contribution in [1.82, 2.24) is 9.88 Å². The molecular weight excluding hydrogens is 394 g/mol. The summed E-state index contributed by atoms with van der Waals surface area (Å²) in [5.74, 6) is 7.28. The van der Waals surface area contributed by atoms with Gasteiger partial charge in [-0.25, -0.2) is 9.98 Å². The molecule has 5 nitrogen and oxygen atoms in total. The minimum atomic E-state index is 0.226. The Bertz CT molecular complexity index is 841. The van der Waals surface area contributed by atoms with Gasteiger partial charge >= 0.3 is 0 Å². The number of halogens is 1. The maximum atomic E-state index is 5.68. The first-order chi connectivity index (χ1) is 12.5. The lowest BCUT2D eigenvalue weighted by Crippen LogP contribution is -2.14. The van der Waals surface area contributed by atoms with Gasteiger partial charge in [-0.1, -0.05) is 24.0 Å². The van der Waals surface area contributed by atoms with Crippen LogP contribution < -0.4 is 9.47 Å². The number of aliphatic imine (C=N–C) groups is 1. The van der Waals surface area contributed by atoms with Gasteiger partial charge in [-0.2, -0.15) is 0 Å². The molecule has 136 valence electrons.